The van der Waals surface area contributed by atoms with Crippen LogP contribution in [0.15, 0.2) is 60.8 Å². The molecule has 9 heteroatoms. The molecule has 0 radical (unpaired) electrons. The summed E-state index contributed by atoms with van der Waals surface area (Å²) >= 11 is 5.91. The van der Waals surface area contributed by atoms with E-state index in [1.165, 1.54) is 0 Å². The van der Waals surface area contributed by atoms with Gasteiger partial charge in [-0.05, 0) is 36.2 Å². The first kappa shape index (κ1) is 20.9. The van der Waals surface area contributed by atoms with Gasteiger partial charge in [-0.1, -0.05) is 41.9 Å². The fraction of sp³-hybridized carbons (Fsp3) is 0.200. The smallest absolute Gasteiger partial charge is 0.246 e. The normalized spacial score (nSPS) is 11.3. The van der Waals surface area contributed by atoms with Crippen LogP contribution in [0.1, 0.15) is 11.1 Å². The topological polar surface area (TPSA) is 84.3 Å². The van der Waals surface area contributed by atoms with E-state index in [-0.39, 0.29) is 6.54 Å². The van der Waals surface area contributed by atoms with Crippen LogP contribution >= 0.6 is 11.6 Å². The molecule has 0 saturated heterocycles. The van der Waals surface area contributed by atoms with Gasteiger partial charge >= 0.3 is 0 Å². The van der Waals surface area contributed by atoms with E-state index in [2.05, 4.69) is 10.4 Å². The Hall–Kier alpha value is -2.84. The molecule has 3 rings (SSSR count). The Kier molecular flexibility index (Phi) is 6.24. The molecule has 0 unspecified atom stereocenters. The summed E-state index contributed by atoms with van der Waals surface area (Å²) in [6, 6.07) is 16.0. The standard InChI is InChI=1S/C20H21ClN4O3S/c1-15-5-3-4-6-18(15)25(29(2,27)28)14-20(26)23-19-11-12-22-24(19)13-16-7-9-17(21)10-8-16/h3-12H,13-14H2,1-2H3,(H,23,26). The number of carbonyl (C=O) groups excluding carboxylic acids is 1. The number of sulfonamides is 1. The number of amides is 1. The summed E-state index contributed by atoms with van der Waals surface area (Å²) in [7, 11) is -3.64. The predicted molar refractivity (Wildman–Crippen MR) is 115 cm³/mol. The summed E-state index contributed by atoms with van der Waals surface area (Å²) in [5, 5.41) is 7.61. The summed E-state index contributed by atoms with van der Waals surface area (Å²) in [5.41, 5.74) is 2.20. The summed E-state index contributed by atoms with van der Waals surface area (Å²) < 4.78 is 27.3. The Bertz CT molecular complexity index is 1110. The fourth-order valence-electron chi connectivity index (χ4n) is 2.86. The molecule has 0 aliphatic carbocycles. The van der Waals surface area contributed by atoms with Gasteiger partial charge in [0.05, 0.1) is 24.7 Å². The lowest BCUT2D eigenvalue weighted by atomic mass is 10.2. The summed E-state index contributed by atoms with van der Waals surface area (Å²) in [4.78, 5) is 12.6. The average Bonchev–Trinajstić information content (AvgIpc) is 3.08. The van der Waals surface area contributed by atoms with Crippen molar-refractivity contribution < 1.29 is 13.2 Å². The second kappa shape index (κ2) is 8.67. The second-order valence-corrected chi connectivity index (χ2v) is 8.95. The number of hydrogen-bond donors (Lipinski definition) is 1. The molecule has 1 amide bonds. The number of hydrogen-bond acceptors (Lipinski definition) is 4. The van der Waals surface area contributed by atoms with Crippen molar-refractivity contribution in [2.75, 3.05) is 22.4 Å². The monoisotopic (exact) mass is 432 g/mol. The molecule has 0 aliphatic heterocycles. The van der Waals surface area contributed by atoms with E-state index in [9.17, 15) is 13.2 Å². The van der Waals surface area contributed by atoms with Crippen LogP contribution in [-0.4, -0.2) is 36.9 Å². The molecule has 0 saturated carbocycles. The van der Waals surface area contributed by atoms with E-state index in [1.807, 2.05) is 18.2 Å². The number of rotatable bonds is 7. The van der Waals surface area contributed by atoms with Gasteiger partial charge < -0.3 is 5.32 Å². The highest BCUT2D eigenvalue weighted by Crippen LogP contribution is 2.22. The summed E-state index contributed by atoms with van der Waals surface area (Å²) in [6.45, 7) is 1.90. The molecule has 0 aliphatic rings. The van der Waals surface area contributed by atoms with Crippen LogP contribution in [0.2, 0.25) is 5.02 Å². The zero-order valence-corrected chi connectivity index (χ0v) is 17.6. The maximum atomic E-state index is 12.6. The van der Waals surface area contributed by atoms with Crippen molar-refractivity contribution in [1.29, 1.82) is 0 Å². The molecule has 2 aromatic carbocycles. The number of nitrogens with one attached hydrogen (secondary N) is 1. The summed E-state index contributed by atoms with van der Waals surface area (Å²) in [5.74, 6) is 0.0136. The third-order valence-corrected chi connectivity index (χ3v) is 5.68. The quantitative estimate of drug-likeness (QED) is 0.620. The van der Waals surface area contributed by atoms with E-state index in [0.717, 1.165) is 21.7 Å². The minimum absolute atomic E-state index is 0.337. The Labute approximate surface area is 175 Å². The van der Waals surface area contributed by atoms with Crippen LogP contribution in [0.5, 0.6) is 0 Å². The summed E-state index contributed by atoms with van der Waals surface area (Å²) in [6.07, 6.45) is 2.65. The molecule has 1 aromatic heterocycles. The Morgan fingerprint density at radius 3 is 2.48 bits per heavy atom. The third-order valence-electron chi connectivity index (χ3n) is 4.30. The first-order valence-corrected chi connectivity index (χ1v) is 11.1. The number of para-hydroxylation sites is 1. The van der Waals surface area contributed by atoms with Crippen molar-refractivity contribution in [3.8, 4) is 0 Å². The fourth-order valence-corrected chi connectivity index (χ4v) is 3.90. The van der Waals surface area contributed by atoms with E-state index in [0.29, 0.717) is 23.1 Å². The molecule has 0 spiro atoms. The van der Waals surface area contributed by atoms with Gasteiger partial charge in [0.15, 0.2) is 0 Å². The highest BCUT2D eigenvalue weighted by Gasteiger charge is 2.22. The highest BCUT2D eigenvalue weighted by atomic mass is 35.5. The maximum Gasteiger partial charge on any atom is 0.246 e. The molecule has 0 atom stereocenters. The van der Waals surface area contributed by atoms with Gasteiger partial charge in [0.2, 0.25) is 15.9 Å². The largest absolute Gasteiger partial charge is 0.309 e. The molecule has 0 bridgehead atoms. The zero-order chi connectivity index (χ0) is 21.0. The second-order valence-electron chi connectivity index (χ2n) is 6.60. The molecular formula is C20H21ClN4O3S. The number of nitrogens with zero attached hydrogens (tertiary/aromatic N) is 3. The number of aryl methyl sites for hydroxylation is 1. The van der Waals surface area contributed by atoms with Crippen molar-refractivity contribution in [2.24, 2.45) is 0 Å². The minimum atomic E-state index is -3.64. The van der Waals surface area contributed by atoms with Crippen LogP contribution in [-0.2, 0) is 21.4 Å². The molecule has 1 N–H and O–H groups in total. The molecule has 152 valence electrons. The Balaban J connectivity index is 1.75. The van der Waals surface area contributed by atoms with Crippen molar-refractivity contribution in [3.63, 3.8) is 0 Å². The van der Waals surface area contributed by atoms with Crippen LogP contribution in [0, 0.1) is 6.92 Å². The minimum Gasteiger partial charge on any atom is -0.309 e. The predicted octanol–water partition coefficient (Wildman–Crippen LogP) is 3.30. The van der Waals surface area contributed by atoms with Crippen LogP contribution in [0.25, 0.3) is 0 Å². The molecule has 3 aromatic rings. The van der Waals surface area contributed by atoms with E-state index in [1.54, 1.807) is 54.2 Å². The molecule has 7 nitrogen and oxygen atoms in total. The van der Waals surface area contributed by atoms with Gasteiger partial charge in [-0.3, -0.25) is 9.10 Å². The van der Waals surface area contributed by atoms with Crippen molar-refractivity contribution in [2.45, 2.75) is 13.5 Å². The first-order chi connectivity index (χ1) is 13.7. The van der Waals surface area contributed by atoms with Gasteiger partial charge in [0, 0.05) is 11.1 Å². The van der Waals surface area contributed by atoms with Gasteiger partial charge in [-0.2, -0.15) is 5.10 Å². The lowest BCUT2D eigenvalue weighted by molar-refractivity contribution is -0.114. The average molecular weight is 433 g/mol. The number of halogens is 1. The number of aromatic nitrogens is 2. The third kappa shape index (κ3) is 5.36. The van der Waals surface area contributed by atoms with Crippen LogP contribution in [0.4, 0.5) is 11.5 Å². The van der Waals surface area contributed by atoms with Crippen molar-refractivity contribution >= 4 is 39.0 Å². The number of benzene rings is 2. The Morgan fingerprint density at radius 1 is 1.14 bits per heavy atom. The first-order valence-electron chi connectivity index (χ1n) is 8.83. The SMILES string of the molecule is Cc1ccccc1N(CC(=O)Nc1ccnn1Cc1ccc(Cl)cc1)S(C)(=O)=O. The van der Waals surface area contributed by atoms with E-state index in [4.69, 9.17) is 11.6 Å². The molecule has 0 fully saturated rings. The van der Waals surface area contributed by atoms with Gasteiger partial charge in [-0.15, -0.1) is 0 Å². The molecule has 1 heterocycles. The van der Waals surface area contributed by atoms with Crippen LogP contribution in [0.3, 0.4) is 0 Å². The van der Waals surface area contributed by atoms with Gasteiger partial charge in [0.25, 0.3) is 0 Å². The van der Waals surface area contributed by atoms with E-state index < -0.39 is 15.9 Å². The lowest BCUT2D eigenvalue weighted by Crippen LogP contribution is -2.38. The van der Waals surface area contributed by atoms with Crippen molar-refractivity contribution in [1.82, 2.24) is 9.78 Å². The van der Waals surface area contributed by atoms with Gasteiger partial charge in [0.1, 0.15) is 12.4 Å². The number of anilines is 2. The van der Waals surface area contributed by atoms with E-state index >= 15 is 0 Å². The molecule has 29 heavy (non-hydrogen) atoms. The van der Waals surface area contributed by atoms with Crippen molar-refractivity contribution in [3.05, 3.63) is 76.9 Å². The lowest BCUT2D eigenvalue weighted by Gasteiger charge is -2.23. The maximum absolute atomic E-state index is 12.6. The highest BCUT2D eigenvalue weighted by molar-refractivity contribution is 7.92. The molecular weight excluding hydrogens is 412 g/mol. The Morgan fingerprint density at radius 2 is 1.83 bits per heavy atom. The zero-order valence-electron chi connectivity index (χ0n) is 16.0. The number of carbonyl (C=O) groups is 1. The van der Waals surface area contributed by atoms with Crippen LogP contribution < -0.4 is 9.62 Å². The van der Waals surface area contributed by atoms with Gasteiger partial charge in [-0.25, -0.2) is 13.1 Å².